The van der Waals surface area contributed by atoms with Crippen molar-refractivity contribution in [2.24, 2.45) is 5.10 Å². The molecule has 0 spiro atoms. The monoisotopic (exact) mass is 410 g/mol. The number of thioether (sulfide) groups is 1. The van der Waals surface area contributed by atoms with Gasteiger partial charge in [-0.25, -0.2) is 5.01 Å². The number of rotatable bonds is 5. The topological polar surface area (TPSA) is 84.7 Å². The summed E-state index contributed by atoms with van der Waals surface area (Å²) in [5.74, 6) is 1.48. The molecule has 3 aromatic heterocycles. The summed E-state index contributed by atoms with van der Waals surface area (Å²) in [6.45, 7) is 0. The van der Waals surface area contributed by atoms with Crippen molar-refractivity contribution in [2.75, 3.05) is 5.75 Å². The molecule has 5 rings (SSSR count). The first-order chi connectivity index (χ1) is 13.8. The molecule has 1 unspecified atom stereocenters. The van der Waals surface area contributed by atoms with Gasteiger partial charge in [-0.3, -0.25) is 4.79 Å². The molecule has 1 amide bonds. The molecule has 0 bridgehead atoms. The van der Waals surface area contributed by atoms with Crippen molar-refractivity contribution in [2.45, 2.75) is 16.8 Å². The van der Waals surface area contributed by atoms with Crippen LogP contribution in [0.2, 0.25) is 0 Å². The van der Waals surface area contributed by atoms with E-state index in [0.29, 0.717) is 17.9 Å². The summed E-state index contributed by atoms with van der Waals surface area (Å²) in [7, 11) is 0. The van der Waals surface area contributed by atoms with Crippen LogP contribution in [0.5, 0.6) is 0 Å². The maximum absolute atomic E-state index is 12.9. The lowest BCUT2D eigenvalue weighted by Gasteiger charge is -2.19. The number of furan rings is 2. The smallest absolute Gasteiger partial charge is 0.253 e. The Bertz CT molecular complexity index is 1100. The number of para-hydroxylation sites is 1. The van der Waals surface area contributed by atoms with E-state index in [1.165, 1.54) is 28.1 Å². The Labute approximate surface area is 168 Å². The normalized spacial score (nSPS) is 16.6. The third kappa shape index (κ3) is 3.23. The number of carbonyl (C=O) groups excluding carboxylic acids is 1. The second-order valence-electron chi connectivity index (χ2n) is 6.16. The Balaban J connectivity index is 1.43. The molecular formula is C19H14N4O3S2. The van der Waals surface area contributed by atoms with Gasteiger partial charge in [-0.15, -0.1) is 10.2 Å². The molecule has 4 heterocycles. The number of hydrogen-bond donors (Lipinski definition) is 0. The first kappa shape index (κ1) is 17.2. The largest absolute Gasteiger partial charge is 0.467 e. The first-order valence-electron chi connectivity index (χ1n) is 8.59. The average Bonchev–Trinajstić information content (AvgIpc) is 3.51. The molecule has 7 nitrogen and oxygen atoms in total. The Morgan fingerprint density at radius 1 is 1.29 bits per heavy atom. The van der Waals surface area contributed by atoms with Crippen molar-refractivity contribution in [3.05, 3.63) is 65.8 Å². The molecule has 0 aliphatic carbocycles. The highest BCUT2D eigenvalue weighted by atomic mass is 32.2. The lowest BCUT2D eigenvalue weighted by molar-refractivity contribution is -0.130. The summed E-state index contributed by atoms with van der Waals surface area (Å²) >= 11 is 2.76. The Kier molecular flexibility index (Phi) is 4.46. The van der Waals surface area contributed by atoms with E-state index in [1.54, 1.807) is 11.8 Å². The number of aromatic nitrogens is 2. The molecule has 140 valence electrons. The summed E-state index contributed by atoms with van der Waals surface area (Å²) in [6.07, 6.45) is 2.13. The van der Waals surface area contributed by atoms with Crippen LogP contribution in [-0.2, 0) is 4.79 Å². The van der Waals surface area contributed by atoms with E-state index < -0.39 is 0 Å². The quantitative estimate of drug-likeness (QED) is 0.455. The zero-order chi connectivity index (χ0) is 18.9. The van der Waals surface area contributed by atoms with Crippen LogP contribution in [0.15, 0.2) is 72.5 Å². The number of nitrogens with zero attached hydrogens (tertiary/aromatic N) is 4. The van der Waals surface area contributed by atoms with Gasteiger partial charge in [0.1, 0.15) is 28.6 Å². The van der Waals surface area contributed by atoms with E-state index in [-0.39, 0.29) is 17.7 Å². The van der Waals surface area contributed by atoms with E-state index in [1.807, 2.05) is 42.5 Å². The van der Waals surface area contributed by atoms with Crippen LogP contribution < -0.4 is 0 Å². The summed E-state index contributed by atoms with van der Waals surface area (Å²) in [5, 5.41) is 14.8. The third-order valence-corrected chi connectivity index (χ3v) is 6.25. The van der Waals surface area contributed by atoms with Crippen LogP contribution in [0.4, 0.5) is 0 Å². The van der Waals surface area contributed by atoms with Crippen molar-refractivity contribution >= 4 is 45.7 Å². The van der Waals surface area contributed by atoms with E-state index in [4.69, 9.17) is 8.83 Å². The van der Waals surface area contributed by atoms with E-state index in [2.05, 4.69) is 15.3 Å². The van der Waals surface area contributed by atoms with Crippen LogP contribution in [0.3, 0.4) is 0 Å². The molecule has 1 atom stereocenters. The number of hydrogen-bond acceptors (Lipinski definition) is 8. The number of carbonyl (C=O) groups is 1. The summed E-state index contributed by atoms with van der Waals surface area (Å²) in [6, 6.07) is 13.1. The predicted octanol–water partition coefficient (Wildman–Crippen LogP) is 4.35. The summed E-state index contributed by atoms with van der Waals surface area (Å²) in [5.41, 5.74) is 3.17. The minimum atomic E-state index is -0.291. The van der Waals surface area contributed by atoms with Gasteiger partial charge in [0.25, 0.3) is 5.91 Å². The molecule has 0 saturated carbocycles. The van der Waals surface area contributed by atoms with Gasteiger partial charge < -0.3 is 8.83 Å². The summed E-state index contributed by atoms with van der Waals surface area (Å²) < 4.78 is 12.3. The molecule has 0 N–H and O–H groups in total. The van der Waals surface area contributed by atoms with Crippen LogP contribution in [-0.4, -0.2) is 32.6 Å². The molecule has 1 aliphatic heterocycles. The fraction of sp³-hybridized carbons (Fsp3) is 0.158. The van der Waals surface area contributed by atoms with Gasteiger partial charge in [0, 0.05) is 11.8 Å². The highest BCUT2D eigenvalue weighted by Gasteiger charge is 2.36. The highest BCUT2D eigenvalue weighted by molar-refractivity contribution is 8.01. The van der Waals surface area contributed by atoms with Gasteiger partial charge in [0.05, 0.1) is 12.0 Å². The maximum atomic E-state index is 12.9. The molecule has 1 aliphatic rings. The zero-order valence-electron chi connectivity index (χ0n) is 14.5. The van der Waals surface area contributed by atoms with Crippen molar-refractivity contribution in [3.63, 3.8) is 0 Å². The van der Waals surface area contributed by atoms with E-state index >= 15 is 0 Å². The van der Waals surface area contributed by atoms with E-state index in [9.17, 15) is 4.79 Å². The number of fused-ring (bicyclic) bond motifs is 1. The first-order valence-corrected chi connectivity index (χ1v) is 10.5. The number of hydrazone groups is 1. The Hall–Kier alpha value is -2.91. The van der Waals surface area contributed by atoms with Crippen LogP contribution in [0.1, 0.15) is 24.0 Å². The van der Waals surface area contributed by atoms with Gasteiger partial charge in [0.2, 0.25) is 0 Å². The van der Waals surface area contributed by atoms with Crippen molar-refractivity contribution in [3.8, 4) is 0 Å². The predicted molar refractivity (Wildman–Crippen MR) is 106 cm³/mol. The molecule has 1 aromatic carbocycles. The zero-order valence-corrected chi connectivity index (χ0v) is 16.2. The second kappa shape index (κ2) is 7.25. The molecule has 4 aromatic rings. The van der Waals surface area contributed by atoms with E-state index in [0.717, 1.165) is 21.0 Å². The molecule has 0 radical (unpaired) electrons. The number of amides is 1. The van der Waals surface area contributed by atoms with Gasteiger partial charge in [-0.05, 0) is 24.3 Å². The minimum absolute atomic E-state index is 0.118. The lowest BCUT2D eigenvalue weighted by Crippen LogP contribution is -2.28. The van der Waals surface area contributed by atoms with Crippen molar-refractivity contribution in [1.82, 2.24) is 15.2 Å². The van der Waals surface area contributed by atoms with Crippen molar-refractivity contribution in [1.29, 1.82) is 0 Å². The molecule has 0 fully saturated rings. The van der Waals surface area contributed by atoms with Gasteiger partial charge in [0.15, 0.2) is 10.1 Å². The van der Waals surface area contributed by atoms with Crippen LogP contribution in [0, 0.1) is 0 Å². The second-order valence-corrected chi connectivity index (χ2v) is 8.22. The van der Waals surface area contributed by atoms with Gasteiger partial charge in [-0.1, -0.05) is 41.3 Å². The van der Waals surface area contributed by atoms with Gasteiger partial charge in [-0.2, -0.15) is 5.10 Å². The average molecular weight is 410 g/mol. The Morgan fingerprint density at radius 3 is 3.00 bits per heavy atom. The molecule has 28 heavy (non-hydrogen) atoms. The molecule has 9 heteroatoms. The van der Waals surface area contributed by atoms with Crippen LogP contribution >= 0.6 is 23.1 Å². The SMILES string of the molecule is O=C(CSc1nncs1)N1N=C(c2cc3ccccc3o2)CC1c1ccco1. The van der Waals surface area contributed by atoms with Crippen LogP contribution in [0.25, 0.3) is 11.0 Å². The fourth-order valence-corrected chi connectivity index (χ4v) is 4.47. The highest BCUT2D eigenvalue weighted by Crippen LogP contribution is 2.35. The maximum Gasteiger partial charge on any atom is 0.253 e. The molecule has 0 saturated heterocycles. The third-order valence-electron chi connectivity index (χ3n) is 4.41. The lowest BCUT2D eigenvalue weighted by atomic mass is 10.1. The Morgan fingerprint density at radius 2 is 2.21 bits per heavy atom. The standard InChI is InChI=1S/C19H14N4O3S2/c24-18(10-27-19-21-20-11-28-19)23-14(16-6-3-7-25-16)9-13(22-23)17-8-12-4-1-2-5-15(12)26-17/h1-8,11,14H,9-10H2. The fourth-order valence-electron chi connectivity index (χ4n) is 3.13. The van der Waals surface area contributed by atoms with Crippen molar-refractivity contribution < 1.29 is 13.6 Å². The molecular weight excluding hydrogens is 396 g/mol. The van der Waals surface area contributed by atoms with Gasteiger partial charge >= 0.3 is 0 Å². The summed E-state index contributed by atoms with van der Waals surface area (Å²) in [4.78, 5) is 12.9. The minimum Gasteiger partial charge on any atom is -0.467 e. The number of benzene rings is 1.